The molecule has 124 valence electrons. The summed E-state index contributed by atoms with van der Waals surface area (Å²) >= 11 is 0. The fourth-order valence-corrected chi connectivity index (χ4v) is 2.78. The molecule has 0 radical (unpaired) electrons. The summed E-state index contributed by atoms with van der Waals surface area (Å²) < 4.78 is 1.98. The molecule has 0 bridgehead atoms. The second-order valence-corrected chi connectivity index (χ2v) is 5.74. The first kappa shape index (κ1) is 15.1. The minimum atomic E-state index is -0.0995. The minimum absolute atomic E-state index is 0.0995. The Kier molecular flexibility index (Phi) is 3.53. The average molecular weight is 332 g/mol. The lowest BCUT2D eigenvalue weighted by atomic mass is 10.2. The number of hydrogen-bond donors (Lipinski definition) is 2. The molecule has 4 aromatic rings. The van der Waals surface area contributed by atoms with Crippen LogP contribution in [0.3, 0.4) is 0 Å². The van der Waals surface area contributed by atoms with Crippen LogP contribution in [0.4, 0.5) is 17.2 Å². The van der Waals surface area contributed by atoms with E-state index in [0.717, 1.165) is 28.2 Å². The zero-order valence-corrected chi connectivity index (χ0v) is 13.8. The predicted molar refractivity (Wildman–Crippen MR) is 97.1 cm³/mol. The maximum absolute atomic E-state index is 11.1. The highest BCUT2D eigenvalue weighted by Gasteiger charge is 2.12. The highest BCUT2D eigenvalue weighted by atomic mass is 16.1. The Morgan fingerprint density at radius 2 is 1.72 bits per heavy atom. The van der Waals surface area contributed by atoms with E-state index in [4.69, 9.17) is 0 Å². The molecule has 0 fully saturated rings. The van der Waals surface area contributed by atoms with Crippen molar-refractivity contribution in [2.24, 2.45) is 0 Å². The first-order valence-electron chi connectivity index (χ1n) is 7.87. The van der Waals surface area contributed by atoms with Gasteiger partial charge in [-0.3, -0.25) is 9.20 Å². The highest BCUT2D eigenvalue weighted by molar-refractivity contribution is 5.89. The SMILES string of the molecule is CC(=O)Nc1ccc(Nc2nc3ccccc3n3c(C)nnc23)cc1. The van der Waals surface area contributed by atoms with Crippen molar-refractivity contribution >= 4 is 39.8 Å². The molecule has 7 nitrogen and oxygen atoms in total. The van der Waals surface area contributed by atoms with Crippen LogP contribution < -0.4 is 10.6 Å². The number of carbonyl (C=O) groups is 1. The maximum Gasteiger partial charge on any atom is 0.221 e. The van der Waals surface area contributed by atoms with Crippen LogP contribution in [-0.2, 0) is 4.79 Å². The topological polar surface area (TPSA) is 84.2 Å². The average Bonchev–Trinajstić information content (AvgIpc) is 2.99. The van der Waals surface area contributed by atoms with Crippen LogP contribution in [-0.4, -0.2) is 25.5 Å². The lowest BCUT2D eigenvalue weighted by molar-refractivity contribution is -0.114. The molecule has 0 saturated heterocycles. The van der Waals surface area contributed by atoms with Gasteiger partial charge in [0.15, 0.2) is 5.82 Å². The van der Waals surface area contributed by atoms with E-state index < -0.39 is 0 Å². The summed E-state index contributed by atoms with van der Waals surface area (Å²) in [6.45, 7) is 3.40. The fraction of sp³-hybridized carbons (Fsp3) is 0.111. The van der Waals surface area contributed by atoms with Crippen molar-refractivity contribution in [3.8, 4) is 0 Å². The van der Waals surface area contributed by atoms with Gasteiger partial charge in [0.05, 0.1) is 11.0 Å². The second kappa shape index (κ2) is 5.86. The number of hydrogen-bond acceptors (Lipinski definition) is 5. The number of para-hydroxylation sites is 2. The van der Waals surface area contributed by atoms with E-state index in [1.54, 1.807) is 0 Å². The van der Waals surface area contributed by atoms with Gasteiger partial charge in [0.2, 0.25) is 11.6 Å². The molecule has 7 heteroatoms. The van der Waals surface area contributed by atoms with E-state index in [9.17, 15) is 4.79 Å². The van der Waals surface area contributed by atoms with Gasteiger partial charge in [-0.05, 0) is 43.3 Å². The third-order valence-electron chi connectivity index (χ3n) is 3.86. The molecule has 0 aliphatic heterocycles. The summed E-state index contributed by atoms with van der Waals surface area (Å²) in [7, 11) is 0. The van der Waals surface area contributed by atoms with Gasteiger partial charge in [0.1, 0.15) is 5.82 Å². The minimum Gasteiger partial charge on any atom is -0.337 e. The largest absolute Gasteiger partial charge is 0.337 e. The summed E-state index contributed by atoms with van der Waals surface area (Å²) in [5.41, 5.74) is 4.08. The van der Waals surface area contributed by atoms with Crippen LogP contribution >= 0.6 is 0 Å². The number of fused-ring (bicyclic) bond motifs is 3. The van der Waals surface area contributed by atoms with Crippen molar-refractivity contribution in [2.45, 2.75) is 13.8 Å². The van der Waals surface area contributed by atoms with Gasteiger partial charge in [-0.2, -0.15) is 0 Å². The van der Waals surface area contributed by atoms with Crippen molar-refractivity contribution in [3.05, 3.63) is 54.4 Å². The molecule has 1 amide bonds. The molecule has 2 aromatic carbocycles. The normalized spacial score (nSPS) is 11.0. The third kappa shape index (κ3) is 2.76. The van der Waals surface area contributed by atoms with Crippen molar-refractivity contribution < 1.29 is 4.79 Å². The molecule has 0 spiro atoms. The summed E-state index contributed by atoms with van der Waals surface area (Å²) in [5.74, 6) is 1.33. The Morgan fingerprint density at radius 1 is 1.00 bits per heavy atom. The lowest BCUT2D eigenvalue weighted by Gasteiger charge is -2.10. The van der Waals surface area contributed by atoms with Crippen LogP contribution in [0.25, 0.3) is 16.7 Å². The molecule has 25 heavy (non-hydrogen) atoms. The van der Waals surface area contributed by atoms with E-state index >= 15 is 0 Å². The Bertz CT molecular complexity index is 1080. The van der Waals surface area contributed by atoms with Crippen molar-refractivity contribution in [3.63, 3.8) is 0 Å². The summed E-state index contributed by atoms with van der Waals surface area (Å²) in [6.07, 6.45) is 0. The van der Waals surface area contributed by atoms with Gasteiger partial charge >= 0.3 is 0 Å². The molecular weight excluding hydrogens is 316 g/mol. The summed E-state index contributed by atoms with van der Waals surface area (Å²) in [6, 6.07) is 15.3. The van der Waals surface area contributed by atoms with Crippen LogP contribution in [0.1, 0.15) is 12.7 Å². The van der Waals surface area contributed by atoms with Gasteiger partial charge in [-0.25, -0.2) is 4.98 Å². The maximum atomic E-state index is 11.1. The lowest BCUT2D eigenvalue weighted by Crippen LogP contribution is -2.05. The van der Waals surface area contributed by atoms with Gasteiger partial charge in [-0.1, -0.05) is 12.1 Å². The third-order valence-corrected chi connectivity index (χ3v) is 3.86. The van der Waals surface area contributed by atoms with Crippen molar-refractivity contribution in [1.82, 2.24) is 19.6 Å². The first-order valence-corrected chi connectivity index (χ1v) is 7.87. The smallest absolute Gasteiger partial charge is 0.221 e. The van der Waals surface area contributed by atoms with Crippen LogP contribution in [0.5, 0.6) is 0 Å². The standard InChI is InChI=1S/C18H16N6O/c1-11-22-23-18-17(21-15-5-3-4-6-16(15)24(11)18)20-14-9-7-13(8-10-14)19-12(2)25/h3-10H,1-2H3,(H,19,25)(H,20,21). The zero-order chi connectivity index (χ0) is 17.4. The van der Waals surface area contributed by atoms with Crippen LogP contribution in [0, 0.1) is 6.92 Å². The fourth-order valence-electron chi connectivity index (χ4n) is 2.78. The first-order chi connectivity index (χ1) is 12.1. The quantitative estimate of drug-likeness (QED) is 0.601. The van der Waals surface area contributed by atoms with Crippen molar-refractivity contribution in [2.75, 3.05) is 10.6 Å². The van der Waals surface area contributed by atoms with Crippen LogP contribution in [0.15, 0.2) is 48.5 Å². The van der Waals surface area contributed by atoms with Crippen LogP contribution in [0.2, 0.25) is 0 Å². The molecule has 4 rings (SSSR count). The number of carbonyl (C=O) groups excluding carboxylic acids is 1. The van der Waals surface area contributed by atoms with E-state index in [2.05, 4.69) is 25.8 Å². The Morgan fingerprint density at radius 3 is 2.48 bits per heavy atom. The number of nitrogens with zero attached hydrogens (tertiary/aromatic N) is 4. The number of aromatic nitrogens is 4. The number of nitrogens with one attached hydrogen (secondary N) is 2. The van der Waals surface area contributed by atoms with E-state index in [1.165, 1.54) is 6.92 Å². The Hall–Kier alpha value is -3.48. The molecule has 0 unspecified atom stereocenters. The monoisotopic (exact) mass is 332 g/mol. The summed E-state index contributed by atoms with van der Waals surface area (Å²) in [4.78, 5) is 15.8. The van der Waals surface area contributed by atoms with E-state index in [1.807, 2.05) is 59.9 Å². The number of benzene rings is 2. The van der Waals surface area contributed by atoms with Crippen molar-refractivity contribution in [1.29, 1.82) is 0 Å². The molecule has 0 atom stereocenters. The van der Waals surface area contributed by atoms with E-state index in [0.29, 0.717) is 11.5 Å². The molecule has 2 heterocycles. The second-order valence-electron chi connectivity index (χ2n) is 5.74. The Labute approximate surface area is 143 Å². The van der Waals surface area contributed by atoms with Gasteiger partial charge in [0, 0.05) is 18.3 Å². The Balaban J connectivity index is 1.77. The number of rotatable bonds is 3. The number of amides is 1. The molecule has 0 saturated carbocycles. The summed E-state index contributed by atoms with van der Waals surface area (Å²) in [5, 5.41) is 14.5. The molecule has 0 aliphatic carbocycles. The van der Waals surface area contributed by atoms with Gasteiger partial charge in [-0.15, -0.1) is 10.2 Å². The molecular formula is C18H16N6O. The predicted octanol–water partition coefficient (Wildman–Crippen LogP) is 3.29. The van der Waals surface area contributed by atoms with Gasteiger partial charge < -0.3 is 10.6 Å². The molecule has 2 aromatic heterocycles. The number of anilines is 3. The molecule has 0 aliphatic rings. The number of aryl methyl sites for hydroxylation is 1. The van der Waals surface area contributed by atoms with E-state index in [-0.39, 0.29) is 5.91 Å². The highest BCUT2D eigenvalue weighted by Crippen LogP contribution is 2.25. The molecule has 2 N–H and O–H groups in total. The van der Waals surface area contributed by atoms with Gasteiger partial charge in [0.25, 0.3) is 0 Å². The zero-order valence-electron chi connectivity index (χ0n) is 13.8.